The summed E-state index contributed by atoms with van der Waals surface area (Å²) in [7, 11) is 1.40. The maximum absolute atomic E-state index is 11.5. The number of hydrogen-bond acceptors (Lipinski definition) is 5. The molecule has 1 atom stereocenters. The Labute approximate surface area is 150 Å². The lowest BCUT2D eigenvalue weighted by molar-refractivity contribution is 0.0600. The van der Waals surface area contributed by atoms with Gasteiger partial charge in [-0.15, -0.1) is 0 Å². The molecule has 0 radical (unpaired) electrons. The van der Waals surface area contributed by atoms with Gasteiger partial charge in [0.25, 0.3) is 0 Å². The Hall–Kier alpha value is -1.69. The number of piperazine rings is 1. The molecule has 1 saturated heterocycles. The summed E-state index contributed by atoms with van der Waals surface area (Å²) in [6, 6.07) is 7.99. The second-order valence-corrected chi connectivity index (χ2v) is 6.87. The maximum Gasteiger partial charge on any atom is 0.337 e. The van der Waals surface area contributed by atoms with Crippen molar-refractivity contribution in [2.75, 3.05) is 39.9 Å². The first-order chi connectivity index (χ1) is 12.0. The van der Waals surface area contributed by atoms with Gasteiger partial charge in [-0.2, -0.15) is 0 Å². The number of carbonyl (C=O) groups excluding carboxylic acids is 1. The Morgan fingerprint density at radius 1 is 1.28 bits per heavy atom. The van der Waals surface area contributed by atoms with E-state index in [-0.39, 0.29) is 12.6 Å². The highest BCUT2D eigenvalue weighted by Gasteiger charge is 2.25. The lowest BCUT2D eigenvalue weighted by atomic mass is 10.1. The van der Waals surface area contributed by atoms with Crippen LogP contribution >= 0.6 is 0 Å². The minimum absolute atomic E-state index is 0.220. The molecule has 1 N–H and O–H groups in total. The van der Waals surface area contributed by atoms with Gasteiger partial charge in [0, 0.05) is 45.4 Å². The summed E-state index contributed by atoms with van der Waals surface area (Å²) >= 11 is 0. The van der Waals surface area contributed by atoms with E-state index in [2.05, 4.69) is 29.7 Å². The van der Waals surface area contributed by atoms with E-state index in [1.807, 2.05) is 24.3 Å². The molecule has 0 aliphatic carbocycles. The van der Waals surface area contributed by atoms with Crippen LogP contribution in [0.2, 0.25) is 0 Å². The molecule has 5 nitrogen and oxygen atoms in total. The summed E-state index contributed by atoms with van der Waals surface area (Å²) in [6.45, 7) is 9.25. The molecule has 0 amide bonds. The highest BCUT2D eigenvalue weighted by atomic mass is 16.5. The van der Waals surface area contributed by atoms with Crippen molar-refractivity contribution in [2.24, 2.45) is 0 Å². The number of methoxy groups -OCH3 is 1. The molecular formula is C20H30N2O3. The van der Waals surface area contributed by atoms with Crippen LogP contribution in [0.3, 0.4) is 0 Å². The lowest BCUT2D eigenvalue weighted by Gasteiger charge is -2.41. The highest BCUT2D eigenvalue weighted by Crippen LogP contribution is 2.16. The van der Waals surface area contributed by atoms with E-state index < -0.39 is 0 Å². The Balaban J connectivity index is 1.95. The van der Waals surface area contributed by atoms with E-state index in [4.69, 9.17) is 4.74 Å². The Bertz CT molecular complexity index is 579. The summed E-state index contributed by atoms with van der Waals surface area (Å²) in [5.74, 6) is -0.303. The molecule has 0 unspecified atom stereocenters. The number of ether oxygens (including phenoxy) is 1. The van der Waals surface area contributed by atoms with E-state index in [1.165, 1.54) is 18.2 Å². The first-order valence-corrected chi connectivity index (χ1v) is 8.91. The van der Waals surface area contributed by atoms with Gasteiger partial charge in [-0.25, -0.2) is 4.79 Å². The van der Waals surface area contributed by atoms with Gasteiger partial charge in [-0.3, -0.25) is 9.80 Å². The van der Waals surface area contributed by atoms with Crippen LogP contribution < -0.4 is 0 Å². The minimum Gasteiger partial charge on any atom is -0.465 e. The molecule has 25 heavy (non-hydrogen) atoms. The van der Waals surface area contributed by atoms with Crippen LogP contribution in [0.1, 0.15) is 36.2 Å². The second-order valence-electron chi connectivity index (χ2n) is 6.87. The zero-order valence-corrected chi connectivity index (χ0v) is 15.6. The van der Waals surface area contributed by atoms with Crippen molar-refractivity contribution in [3.05, 3.63) is 47.0 Å². The number of rotatable bonds is 7. The summed E-state index contributed by atoms with van der Waals surface area (Å²) in [5, 5.41) is 9.39. The zero-order chi connectivity index (χ0) is 18.2. The standard InChI is InChI=1S/C20H30N2O3/c1-16(2)8-10-22-12-11-21(15-19(22)9-13-23)14-17-4-6-18(7-5-17)20(24)25-3/h4-8,19,23H,9-15H2,1-3H3/t19-/m0/s1. The molecule has 138 valence electrons. The number of esters is 1. The first kappa shape index (κ1) is 19.6. The van der Waals surface area contributed by atoms with Crippen molar-refractivity contribution in [2.45, 2.75) is 32.9 Å². The zero-order valence-electron chi connectivity index (χ0n) is 15.6. The van der Waals surface area contributed by atoms with Gasteiger partial charge < -0.3 is 9.84 Å². The van der Waals surface area contributed by atoms with Crippen LogP contribution in [0.4, 0.5) is 0 Å². The summed E-state index contributed by atoms with van der Waals surface area (Å²) in [6.07, 6.45) is 3.06. The molecule has 1 aromatic rings. The van der Waals surface area contributed by atoms with Crippen LogP contribution in [0.25, 0.3) is 0 Å². The molecule has 1 aromatic carbocycles. The fourth-order valence-corrected chi connectivity index (χ4v) is 3.19. The first-order valence-electron chi connectivity index (χ1n) is 8.91. The normalized spacial score (nSPS) is 18.8. The second kappa shape index (κ2) is 9.70. The predicted octanol–water partition coefficient (Wildman–Crippen LogP) is 2.31. The number of nitrogens with zero attached hydrogens (tertiary/aromatic N) is 2. The van der Waals surface area contributed by atoms with E-state index in [0.29, 0.717) is 11.6 Å². The van der Waals surface area contributed by atoms with Crippen LogP contribution in [-0.4, -0.2) is 66.8 Å². The third-order valence-electron chi connectivity index (χ3n) is 4.67. The molecular weight excluding hydrogens is 316 g/mol. The van der Waals surface area contributed by atoms with E-state index >= 15 is 0 Å². The van der Waals surface area contributed by atoms with Gasteiger partial charge in [0.15, 0.2) is 0 Å². The molecule has 5 heteroatoms. The average molecular weight is 346 g/mol. The topological polar surface area (TPSA) is 53.0 Å². The molecule has 1 fully saturated rings. The number of benzene rings is 1. The van der Waals surface area contributed by atoms with Crippen molar-refractivity contribution in [3.63, 3.8) is 0 Å². The SMILES string of the molecule is COC(=O)c1ccc(CN2CCN(CC=C(C)C)[C@@H](CCO)C2)cc1. The highest BCUT2D eigenvalue weighted by molar-refractivity contribution is 5.89. The molecule has 2 rings (SSSR count). The van der Waals surface area contributed by atoms with Gasteiger partial charge in [-0.1, -0.05) is 23.8 Å². The summed E-state index contributed by atoms with van der Waals surface area (Å²) < 4.78 is 4.74. The molecule has 0 bridgehead atoms. The lowest BCUT2D eigenvalue weighted by Crippen LogP contribution is -2.53. The Morgan fingerprint density at radius 2 is 2.00 bits per heavy atom. The predicted molar refractivity (Wildman–Crippen MR) is 99.6 cm³/mol. The van der Waals surface area contributed by atoms with Crippen molar-refractivity contribution in [1.29, 1.82) is 0 Å². The number of carbonyl (C=O) groups is 1. The van der Waals surface area contributed by atoms with Gasteiger partial charge in [0.2, 0.25) is 0 Å². The van der Waals surface area contributed by atoms with Crippen LogP contribution in [0, 0.1) is 0 Å². The average Bonchev–Trinajstić information content (AvgIpc) is 2.61. The molecule has 1 aliphatic rings. The monoisotopic (exact) mass is 346 g/mol. The smallest absolute Gasteiger partial charge is 0.337 e. The molecule has 1 aliphatic heterocycles. The fraction of sp³-hybridized carbons (Fsp3) is 0.550. The Morgan fingerprint density at radius 3 is 2.60 bits per heavy atom. The van der Waals surface area contributed by atoms with Crippen LogP contribution in [-0.2, 0) is 11.3 Å². The van der Waals surface area contributed by atoms with Crippen molar-refractivity contribution >= 4 is 5.97 Å². The van der Waals surface area contributed by atoms with Crippen LogP contribution in [0.15, 0.2) is 35.9 Å². The molecule has 0 aromatic heterocycles. The fourth-order valence-electron chi connectivity index (χ4n) is 3.19. The Kier molecular flexibility index (Phi) is 7.62. The van der Waals surface area contributed by atoms with Gasteiger partial charge in [0.1, 0.15) is 0 Å². The van der Waals surface area contributed by atoms with E-state index in [9.17, 15) is 9.90 Å². The van der Waals surface area contributed by atoms with Gasteiger partial charge in [-0.05, 0) is 38.0 Å². The maximum atomic E-state index is 11.5. The number of allylic oxidation sites excluding steroid dienone is 1. The minimum atomic E-state index is -0.303. The third-order valence-corrected chi connectivity index (χ3v) is 4.67. The van der Waals surface area contributed by atoms with Crippen molar-refractivity contribution < 1.29 is 14.6 Å². The largest absolute Gasteiger partial charge is 0.465 e. The number of hydrogen-bond donors (Lipinski definition) is 1. The number of aliphatic hydroxyl groups is 1. The van der Waals surface area contributed by atoms with Crippen molar-refractivity contribution in [3.8, 4) is 0 Å². The molecule has 1 heterocycles. The summed E-state index contributed by atoms with van der Waals surface area (Å²) in [5.41, 5.74) is 3.10. The summed E-state index contributed by atoms with van der Waals surface area (Å²) in [4.78, 5) is 16.4. The third kappa shape index (κ3) is 5.96. The molecule has 0 saturated carbocycles. The van der Waals surface area contributed by atoms with Crippen molar-refractivity contribution in [1.82, 2.24) is 9.80 Å². The number of aliphatic hydroxyl groups excluding tert-OH is 1. The van der Waals surface area contributed by atoms with Crippen LogP contribution in [0.5, 0.6) is 0 Å². The van der Waals surface area contributed by atoms with Gasteiger partial charge >= 0.3 is 5.97 Å². The van der Waals surface area contributed by atoms with Gasteiger partial charge in [0.05, 0.1) is 12.7 Å². The van der Waals surface area contributed by atoms with E-state index in [0.717, 1.165) is 39.1 Å². The van der Waals surface area contributed by atoms with E-state index in [1.54, 1.807) is 0 Å². The quantitative estimate of drug-likeness (QED) is 0.606. The molecule has 0 spiro atoms.